The molecule has 0 aliphatic heterocycles. The van der Waals surface area contributed by atoms with Crippen LogP contribution in [-0.4, -0.2) is 0 Å². The van der Waals surface area contributed by atoms with Crippen LogP contribution < -0.4 is 9.80 Å². The van der Waals surface area contributed by atoms with Crippen LogP contribution in [0.4, 0.5) is 34.1 Å². The summed E-state index contributed by atoms with van der Waals surface area (Å²) in [4.78, 5) is 4.85. The number of fused-ring (bicyclic) bond motifs is 13. The van der Waals surface area contributed by atoms with Gasteiger partial charge in [-0.1, -0.05) is 164 Å². The van der Waals surface area contributed by atoms with Crippen molar-refractivity contribution in [2.45, 2.75) is 5.41 Å². The highest BCUT2D eigenvalue weighted by atomic mass is 16.3. The fourth-order valence-corrected chi connectivity index (χ4v) is 10.8. The molecule has 13 rings (SSSR count). The normalized spacial score (nSPS) is 14.3. The molecular formula is C61H40N2O. The first kappa shape index (κ1) is 36.3. The fourth-order valence-electron chi connectivity index (χ4n) is 10.8. The number of benzene rings is 10. The zero-order valence-corrected chi connectivity index (χ0v) is 34.9. The maximum atomic E-state index is 6.34. The van der Waals surface area contributed by atoms with Gasteiger partial charge in [-0.25, -0.2) is 0 Å². The molecule has 0 N–H and O–H groups in total. The first-order valence-electron chi connectivity index (χ1n) is 22.0. The number of rotatable bonds is 7. The number of nitrogens with zero attached hydrogens (tertiary/aromatic N) is 2. The fraction of sp³-hybridized carbons (Fsp3) is 0.0164. The Balaban J connectivity index is 1.06. The predicted molar refractivity (Wildman–Crippen MR) is 265 cm³/mol. The summed E-state index contributed by atoms with van der Waals surface area (Å²) in [7, 11) is 0. The lowest BCUT2D eigenvalue weighted by Crippen LogP contribution is -2.26. The van der Waals surface area contributed by atoms with Crippen molar-refractivity contribution in [1.29, 1.82) is 0 Å². The molecule has 3 heteroatoms. The van der Waals surface area contributed by atoms with E-state index >= 15 is 0 Å². The van der Waals surface area contributed by atoms with Crippen molar-refractivity contribution in [3.05, 3.63) is 265 Å². The molecule has 1 aromatic heterocycles. The zero-order chi connectivity index (χ0) is 42.2. The molecule has 0 saturated heterocycles. The number of hydrogen-bond donors (Lipinski definition) is 0. The van der Waals surface area contributed by atoms with Gasteiger partial charge in [0.2, 0.25) is 0 Å². The Morgan fingerprint density at radius 3 is 1.62 bits per heavy atom. The molecule has 1 atom stereocenters. The quantitative estimate of drug-likeness (QED) is 0.160. The van der Waals surface area contributed by atoms with E-state index in [1.54, 1.807) is 0 Å². The molecule has 0 fully saturated rings. The van der Waals surface area contributed by atoms with E-state index in [9.17, 15) is 0 Å². The van der Waals surface area contributed by atoms with Gasteiger partial charge in [-0.05, 0) is 129 Å². The third-order valence-corrected chi connectivity index (χ3v) is 13.4. The average molecular weight is 817 g/mol. The summed E-state index contributed by atoms with van der Waals surface area (Å²) in [5, 5.41) is 2.21. The van der Waals surface area contributed by atoms with E-state index in [0.717, 1.165) is 56.1 Å². The van der Waals surface area contributed by atoms with Gasteiger partial charge in [0.1, 0.15) is 11.2 Å². The number of hydrogen-bond acceptors (Lipinski definition) is 3. The number of furan rings is 1. The van der Waals surface area contributed by atoms with Crippen LogP contribution in [0.1, 0.15) is 22.3 Å². The topological polar surface area (TPSA) is 19.6 Å². The van der Waals surface area contributed by atoms with E-state index in [2.05, 4.69) is 240 Å². The smallest absolute Gasteiger partial charge is 0.135 e. The van der Waals surface area contributed by atoms with Crippen LogP contribution in [0.5, 0.6) is 0 Å². The summed E-state index contributed by atoms with van der Waals surface area (Å²) in [5.74, 6) is 0. The van der Waals surface area contributed by atoms with Gasteiger partial charge in [0.05, 0.1) is 11.1 Å². The third-order valence-electron chi connectivity index (χ3n) is 13.4. The Hall–Kier alpha value is -8.40. The average Bonchev–Trinajstić information content (AvgIpc) is 3.99. The van der Waals surface area contributed by atoms with Crippen LogP contribution in [0, 0.1) is 0 Å². The van der Waals surface area contributed by atoms with Crippen molar-refractivity contribution in [3.8, 4) is 33.4 Å². The van der Waals surface area contributed by atoms with Gasteiger partial charge in [-0.3, -0.25) is 0 Å². The highest BCUT2D eigenvalue weighted by Gasteiger charge is 2.52. The minimum Gasteiger partial charge on any atom is -0.456 e. The van der Waals surface area contributed by atoms with Gasteiger partial charge in [0.15, 0.2) is 0 Å². The SMILES string of the molecule is c1ccc(-c2cccc(N(c3ccccc3)c3ccc4c(c3)C3(c5ccccc5-4)c4ccccc4-c4c(N(c5ccccc5)c5ccc6oc7ccccc7c6c5)cccc43)c2)cc1. The molecule has 10 aromatic carbocycles. The second-order valence-corrected chi connectivity index (χ2v) is 16.8. The summed E-state index contributed by atoms with van der Waals surface area (Å²) in [6.45, 7) is 0. The molecule has 1 unspecified atom stereocenters. The van der Waals surface area contributed by atoms with Gasteiger partial charge in [0, 0.05) is 44.8 Å². The van der Waals surface area contributed by atoms with Crippen LogP contribution in [0.25, 0.3) is 55.3 Å². The first-order valence-corrected chi connectivity index (χ1v) is 22.0. The minimum atomic E-state index is -0.578. The van der Waals surface area contributed by atoms with Gasteiger partial charge < -0.3 is 14.2 Å². The van der Waals surface area contributed by atoms with Crippen LogP contribution >= 0.6 is 0 Å². The Kier molecular flexibility index (Phi) is 8.13. The molecule has 3 nitrogen and oxygen atoms in total. The third kappa shape index (κ3) is 5.34. The van der Waals surface area contributed by atoms with E-state index in [0.29, 0.717) is 0 Å². The predicted octanol–water partition coefficient (Wildman–Crippen LogP) is 16.5. The van der Waals surface area contributed by atoms with E-state index in [-0.39, 0.29) is 0 Å². The van der Waals surface area contributed by atoms with Gasteiger partial charge in [0.25, 0.3) is 0 Å². The summed E-state index contributed by atoms with van der Waals surface area (Å²) in [6.07, 6.45) is 0. The monoisotopic (exact) mass is 816 g/mol. The lowest BCUT2D eigenvalue weighted by atomic mass is 9.70. The Labute approximate surface area is 372 Å². The lowest BCUT2D eigenvalue weighted by molar-refractivity contribution is 0.669. The summed E-state index contributed by atoms with van der Waals surface area (Å²) >= 11 is 0. The van der Waals surface area contributed by atoms with Crippen LogP contribution in [0.15, 0.2) is 247 Å². The van der Waals surface area contributed by atoms with Crippen molar-refractivity contribution >= 4 is 56.1 Å². The van der Waals surface area contributed by atoms with Crippen molar-refractivity contribution in [2.24, 2.45) is 0 Å². The lowest BCUT2D eigenvalue weighted by Gasteiger charge is -2.33. The van der Waals surface area contributed by atoms with Gasteiger partial charge >= 0.3 is 0 Å². The van der Waals surface area contributed by atoms with Crippen LogP contribution in [-0.2, 0) is 5.41 Å². The largest absolute Gasteiger partial charge is 0.456 e. The molecule has 2 aliphatic rings. The molecule has 1 heterocycles. The Bertz CT molecular complexity index is 3580. The second kappa shape index (κ2) is 14.3. The maximum absolute atomic E-state index is 6.34. The van der Waals surface area contributed by atoms with E-state index < -0.39 is 5.41 Å². The van der Waals surface area contributed by atoms with Gasteiger partial charge in [-0.15, -0.1) is 0 Å². The number of anilines is 6. The maximum Gasteiger partial charge on any atom is 0.135 e. The molecule has 0 amide bonds. The van der Waals surface area contributed by atoms with Crippen molar-refractivity contribution in [1.82, 2.24) is 0 Å². The summed E-state index contributed by atoms with van der Waals surface area (Å²) < 4.78 is 6.34. The molecule has 2 aliphatic carbocycles. The molecule has 0 radical (unpaired) electrons. The van der Waals surface area contributed by atoms with Gasteiger partial charge in [-0.2, -0.15) is 0 Å². The molecule has 300 valence electrons. The summed E-state index contributed by atoms with van der Waals surface area (Å²) in [6, 6.07) is 88.3. The minimum absolute atomic E-state index is 0.578. The highest BCUT2D eigenvalue weighted by molar-refractivity contribution is 6.08. The number of para-hydroxylation sites is 3. The van der Waals surface area contributed by atoms with E-state index in [1.807, 2.05) is 12.1 Å². The molecule has 1 spiro atoms. The van der Waals surface area contributed by atoms with Crippen molar-refractivity contribution in [2.75, 3.05) is 9.80 Å². The van der Waals surface area contributed by atoms with E-state index in [1.165, 1.54) is 55.6 Å². The molecule has 0 bridgehead atoms. The molecule has 0 saturated carbocycles. The van der Waals surface area contributed by atoms with E-state index in [4.69, 9.17) is 4.42 Å². The van der Waals surface area contributed by atoms with Crippen molar-refractivity contribution < 1.29 is 4.42 Å². The first-order chi connectivity index (χ1) is 31.8. The zero-order valence-electron chi connectivity index (χ0n) is 34.9. The second-order valence-electron chi connectivity index (χ2n) is 16.8. The van der Waals surface area contributed by atoms with Crippen molar-refractivity contribution in [3.63, 3.8) is 0 Å². The van der Waals surface area contributed by atoms with Crippen LogP contribution in [0.3, 0.4) is 0 Å². The van der Waals surface area contributed by atoms with Crippen LogP contribution in [0.2, 0.25) is 0 Å². The summed E-state index contributed by atoms with van der Waals surface area (Å²) in [5.41, 5.74) is 20.4. The Morgan fingerprint density at radius 1 is 0.297 bits per heavy atom. The Morgan fingerprint density at radius 2 is 0.828 bits per heavy atom. The highest BCUT2D eigenvalue weighted by Crippen LogP contribution is 2.65. The molecule has 11 aromatic rings. The molecular weight excluding hydrogens is 777 g/mol. The molecule has 64 heavy (non-hydrogen) atoms. The standard InChI is InChI=1S/C61H40N2O/c1-4-18-41(19-5-1)42-20-16-25-45(38-42)62(43-21-6-2-7-22-43)47-34-36-49-48-26-10-13-29-53(48)61(56(49)40-47)54-30-14-11-28-51(54)60-55(61)31-17-32-57(60)63(44-23-8-3-9-24-44)46-35-37-59-52(39-46)50-27-12-15-33-58(50)64-59/h1-40H.